The van der Waals surface area contributed by atoms with Crippen LogP contribution in [0.5, 0.6) is 5.75 Å². The third-order valence-electron chi connectivity index (χ3n) is 4.42. The van der Waals surface area contributed by atoms with Gasteiger partial charge >= 0.3 is 0 Å². The van der Waals surface area contributed by atoms with E-state index in [4.69, 9.17) is 4.74 Å². The number of ether oxygens (including phenoxy) is 1. The molecular weight excluding hydrogens is 266 g/mol. The first-order valence-corrected chi connectivity index (χ1v) is 7.64. The lowest BCUT2D eigenvalue weighted by atomic mass is 9.94. The normalized spacial score (nSPS) is 25.4. The highest BCUT2D eigenvalue weighted by atomic mass is 16.5. The number of nitrogens with one attached hydrogen (secondary N) is 2. The first-order chi connectivity index (χ1) is 10.2. The maximum absolute atomic E-state index is 12.1. The van der Waals surface area contributed by atoms with Crippen molar-refractivity contribution in [2.24, 2.45) is 5.92 Å². The molecule has 1 aromatic rings. The number of piperidine rings is 1. The van der Waals surface area contributed by atoms with E-state index in [1.807, 2.05) is 24.3 Å². The Morgan fingerprint density at radius 2 is 2.19 bits per heavy atom. The highest BCUT2D eigenvalue weighted by molar-refractivity contribution is 5.92. The van der Waals surface area contributed by atoms with E-state index >= 15 is 0 Å². The zero-order chi connectivity index (χ0) is 14.7. The number of carbonyl (C=O) groups excluding carboxylic acids is 1. The van der Waals surface area contributed by atoms with Gasteiger partial charge in [-0.2, -0.15) is 0 Å². The van der Waals surface area contributed by atoms with Crippen molar-refractivity contribution in [3.8, 4) is 5.75 Å². The molecule has 2 saturated heterocycles. The van der Waals surface area contributed by atoms with Gasteiger partial charge in [0.25, 0.3) is 0 Å². The predicted octanol–water partition coefficient (Wildman–Crippen LogP) is 1.32. The Morgan fingerprint density at radius 1 is 1.38 bits per heavy atom. The second-order valence-corrected chi connectivity index (χ2v) is 5.93. The summed E-state index contributed by atoms with van der Waals surface area (Å²) in [4.78, 5) is 14.4. The second-order valence-electron chi connectivity index (χ2n) is 5.93. The molecule has 2 N–H and O–H groups in total. The van der Waals surface area contributed by atoms with Gasteiger partial charge in [-0.05, 0) is 49.6 Å². The van der Waals surface area contributed by atoms with Gasteiger partial charge in [-0.25, -0.2) is 0 Å². The van der Waals surface area contributed by atoms with Crippen LogP contribution in [0.1, 0.15) is 12.8 Å². The minimum absolute atomic E-state index is 0.0545. The summed E-state index contributed by atoms with van der Waals surface area (Å²) in [5, 5.41) is 6.50. The number of hydrogen-bond acceptors (Lipinski definition) is 4. The van der Waals surface area contributed by atoms with Crippen molar-refractivity contribution in [3.63, 3.8) is 0 Å². The molecule has 2 heterocycles. The number of rotatable bonds is 4. The smallest absolute Gasteiger partial charge is 0.238 e. The van der Waals surface area contributed by atoms with Gasteiger partial charge in [0.1, 0.15) is 5.75 Å². The Balaban J connectivity index is 1.49. The highest BCUT2D eigenvalue weighted by Gasteiger charge is 2.34. The molecule has 0 spiro atoms. The van der Waals surface area contributed by atoms with E-state index in [-0.39, 0.29) is 5.91 Å². The van der Waals surface area contributed by atoms with Crippen molar-refractivity contribution in [2.45, 2.75) is 18.9 Å². The number of amides is 1. The summed E-state index contributed by atoms with van der Waals surface area (Å²) in [6, 6.07) is 8.00. The fraction of sp³-hybridized carbons (Fsp3) is 0.562. The predicted molar refractivity (Wildman–Crippen MR) is 82.6 cm³/mol. The van der Waals surface area contributed by atoms with Crippen molar-refractivity contribution >= 4 is 11.6 Å². The van der Waals surface area contributed by atoms with Crippen molar-refractivity contribution in [1.29, 1.82) is 0 Å². The molecule has 1 amide bonds. The van der Waals surface area contributed by atoms with Crippen LogP contribution in [-0.4, -0.2) is 50.1 Å². The third kappa shape index (κ3) is 3.54. The number of methoxy groups -OCH3 is 1. The quantitative estimate of drug-likeness (QED) is 0.878. The van der Waals surface area contributed by atoms with Crippen molar-refractivity contribution < 1.29 is 9.53 Å². The van der Waals surface area contributed by atoms with Crippen molar-refractivity contribution in [1.82, 2.24) is 10.2 Å². The number of carbonyl (C=O) groups is 1. The Morgan fingerprint density at radius 3 is 2.90 bits per heavy atom. The third-order valence-corrected chi connectivity index (χ3v) is 4.42. The topological polar surface area (TPSA) is 53.6 Å². The van der Waals surface area contributed by atoms with E-state index in [2.05, 4.69) is 15.5 Å². The monoisotopic (exact) mass is 289 g/mol. The minimum atomic E-state index is 0.0545. The molecule has 5 nitrogen and oxygen atoms in total. The molecule has 0 radical (unpaired) electrons. The van der Waals surface area contributed by atoms with Crippen LogP contribution in [0.3, 0.4) is 0 Å². The second kappa shape index (κ2) is 6.45. The zero-order valence-electron chi connectivity index (χ0n) is 12.5. The molecule has 114 valence electrons. The lowest BCUT2D eigenvalue weighted by Gasteiger charge is -2.24. The molecule has 0 unspecified atom stereocenters. The van der Waals surface area contributed by atoms with E-state index in [0.29, 0.717) is 18.5 Å². The largest absolute Gasteiger partial charge is 0.497 e. The number of likely N-dealkylation sites (tertiary alicyclic amines) is 1. The van der Waals surface area contributed by atoms with Crippen LogP contribution in [-0.2, 0) is 4.79 Å². The van der Waals surface area contributed by atoms with Gasteiger partial charge in [0.05, 0.1) is 13.7 Å². The lowest BCUT2D eigenvalue weighted by molar-refractivity contribution is -0.117. The number of anilines is 1. The van der Waals surface area contributed by atoms with Gasteiger partial charge in [-0.15, -0.1) is 0 Å². The van der Waals surface area contributed by atoms with Crippen LogP contribution < -0.4 is 15.4 Å². The van der Waals surface area contributed by atoms with Crippen LogP contribution in [0.2, 0.25) is 0 Å². The van der Waals surface area contributed by atoms with E-state index in [9.17, 15) is 4.79 Å². The Bertz CT molecular complexity index is 475. The molecule has 2 aliphatic heterocycles. The van der Waals surface area contributed by atoms with Gasteiger partial charge in [-0.3, -0.25) is 9.69 Å². The molecule has 0 aliphatic carbocycles. The van der Waals surface area contributed by atoms with E-state index < -0.39 is 0 Å². The highest BCUT2D eigenvalue weighted by Crippen LogP contribution is 2.24. The van der Waals surface area contributed by atoms with E-state index in [0.717, 1.165) is 31.1 Å². The molecule has 0 saturated carbocycles. The first kappa shape index (κ1) is 14.4. The summed E-state index contributed by atoms with van der Waals surface area (Å²) in [5.74, 6) is 1.56. The summed E-state index contributed by atoms with van der Waals surface area (Å²) in [7, 11) is 1.63. The molecule has 21 heavy (non-hydrogen) atoms. The number of benzene rings is 1. The molecular formula is C16H23N3O2. The summed E-state index contributed by atoms with van der Waals surface area (Å²) in [6.07, 6.45) is 2.54. The van der Waals surface area contributed by atoms with Gasteiger partial charge in [0.15, 0.2) is 0 Å². The summed E-state index contributed by atoms with van der Waals surface area (Å²) in [6.45, 7) is 3.61. The number of fused-ring (bicyclic) bond motifs is 1. The van der Waals surface area contributed by atoms with Crippen LogP contribution in [0, 0.1) is 5.92 Å². The Kier molecular flexibility index (Phi) is 4.41. The van der Waals surface area contributed by atoms with Gasteiger partial charge in [0, 0.05) is 24.8 Å². The lowest BCUT2D eigenvalue weighted by Crippen LogP contribution is -2.41. The molecule has 0 aromatic heterocycles. The van der Waals surface area contributed by atoms with Gasteiger partial charge in [-0.1, -0.05) is 0 Å². The van der Waals surface area contributed by atoms with E-state index in [1.165, 1.54) is 12.8 Å². The average molecular weight is 289 g/mol. The summed E-state index contributed by atoms with van der Waals surface area (Å²) >= 11 is 0. The van der Waals surface area contributed by atoms with Crippen molar-refractivity contribution in [2.75, 3.05) is 38.6 Å². The zero-order valence-corrected chi connectivity index (χ0v) is 12.5. The summed E-state index contributed by atoms with van der Waals surface area (Å²) in [5.41, 5.74) is 0.815. The number of nitrogens with zero attached hydrogens (tertiary/aromatic N) is 1. The average Bonchev–Trinajstić information content (AvgIpc) is 2.90. The Hall–Kier alpha value is -1.59. The number of hydrogen-bond donors (Lipinski definition) is 2. The SMILES string of the molecule is COc1ccc(NC(=O)CN2C[C@@H]3CCCN[C@@H]3C2)cc1. The fourth-order valence-electron chi connectivity index (χ4n) is 3.34. The van der Waals surface area contributed by atoms with Crippen molar-refractivity contribution in [3.05, 3.63) is 24.3 Å². The van der Waals surface area contributed by atoms with Crippen LogP contribution >= 0.6 is 0 Å². The van der Waals surface area contributed by atoms with Gasteiger partial charge in [0.2, 0.25) is 5.91 Å². The van der Waals surface area contributed by atoms with Crippen LogP contribution in [0.25, 0.3) is 0 Å². The van der Waals surface area contributed by atoms with Crippen LogP contribution in [0.4, 0.5) is 5.69 Å². The van der Waals surface area contributed by atoms with Gasteiger partial charge < -0.3 is 15.4 Å². The Labute approximate surface area is 125 Å². The first-order valence-electron chi connectivity index (χ1n) is 7.64. The van der Waals surface area contributed by atoms with E-state index in [1.54, 1.807) is 7.11 Å². The minimum Gasteiger partial charge on any atom is -0.497 e. The van der Waals surface area contributed by atoms with Crippen LogP contribution in [0.15, 0.2) is 24.3 Å². The molecule has 2 aliphatic rings. The molecule has 0 bridgehead atoms. The standard InChI is InChI=1S/C16H23N3O2/c1-21-14-6-4-13(5-7-14)18-16(20)11-19-9-12-3-2-8-17-15(12)10-19/h4-7,12,15,17H,2-3,8-11H2,1H3,(H,18,20)/t12-,15+/m0/s1. The summed E-state index contributed by atoms with van der Waals surface area (Å²) < 4.78 is 5.11. The molecule has 5 heteroatoms. The fourth-order valence-corrected chi connectivity index (χ4v) is 3.34. The molecule has 2 fully saturated rings. The maximum atomic E-state index is 12.1. The molecule has 2 atom stereocenters. The molecule has 1 aromatic carbocycles. The molecule has 3 rings (SSSR count). The maximum Gasteiger partial charge on any atom is 0.238 e.